The molecule has 1 N–H and O–H groups in total. The van der Waals surface area contributed by atoms with Gasteiger partial charge in [-0.05, 0) is 17.7 Å². The number of aliphatic hydroxyl groups excluding tert-OH is 1. The van der Waals surface area contributed by atoms with Gasteiger partial charge < -0.3 is 9.84 Å². The molecule has 1 rings (SSSR count). The summed E-state index contributed by atoms with van der Waals surface area (Å²) in [5.41, 5.74) is 2.09. The molecule has 106 valence electrons. The average Bonchev–Trinajstić information content (AvgIpc) is 2.46. The first-order valence-electron chi connectivity index (χ1n) is 6.59. The number of ether oxygens (including phenoxy) is 1. The molecule has 0 bridgehead atoms. The average molecular weight is 265 g/mol. The highest BCUT2D eigenvalue weighted by molar-refractivity contribution is 5.72. The van der Waals surface area contributed by atoms with Crippen LogP contribution in [0.5, 0.6) is 0 Å². The summed E-state index contributed by atoms with van der Waals surface area (Å²) >= 11 is 0. The van der Waals surface area contributed by atoms with E-state index >= 15 is 0 Å². The molecule has 0 spiro atoms. The van der Waals surface area contributed by atoms with Gasteiger partial charge in [0.25, 0.3) is 0 Å². The lowest BCUT2D eigenvalue weighted by Crippen LogP contribution is -2.31. The Hall–Kier alpha value is -1.39. The van der Waals surface area contributed by atoms with Crippen molar-refractivity contribution in [2.24, 2.45) is 5.92 Å². The molecule has 0 fully saturated rings. The van der Waals surface area contributed by atoms with Crippen LogP contribution in [0.3, 0.4) is 0 Å². The number of rotatable bonds is 7. The summed E-state index contributed by atoms with van der Waals surface area (Å²) in [6.07, 6.45) is 0. The van der Waals surface area contributed by atoms with Gasteiger partial charge in [0.15, 0.2) is 0 Å². The van der Waals surface area contributed by atoms with Crippen LogP contribution >= 0.6 is 0 Å². The molecule has 0 saturated heterocycles. The zero-order valence-electron chi connectivity index (χ0n) is 11.9. The maximum Gasteiger partial charge on any atom is 0.309 e. The van der Waals surface area contributed by atoms with E-state index in [9.17, 15) is 4.79 Å². The standard InChI is InChI=1S/C15H23NO3/c1-4-16(9-12(2)15(18)19-3)10-13-5-7-14(11-17)8-6-13/h5-8,12,17H,4,9-11H2,1-3H3. The third-order valence-corrected chi connectivity index (χ3v) is 3.19. The van der Waals surface area contributed by atoms with Crippen LogP contribution in [0, 0.1) is 5.92 Å². The Labute approximate surface area is 115 Å². The van der Waals surface area contributed by atoms with Crippen molar-refractivity contribution in [3.05, 3.63) is 35.4 Å². The Morgan fingerprint density at radius 3 is 2.37 bits per heavy atom. The fourth-order valence-corrected chi connectivity index (χ4v) is 1.98. The lowest BCUT2D eigenvalue weighted by Gasteiger charge is -2.23. The molecule has 4 nitrogen and oxygen atoms in total. The first-order valence-corrected chi connectivity index (χ1v) is 6.59. The maximum absolute atomic E-state index is 11.4. The Morgan fingerprint density at radius 1 is 1.32 bits per heavy atom. The molecule has 0 aromatic heterocycles. The van der Waals surface area contributed by atoms with Crippen molar-refractivity contribution in [1.82, 2.24) is 4.90 Å². The van der Waals surface area contributed by atoms with Crippen LogP contribution in [0.15, 0.2) is 24.3 Å². The number of carbonyl (C=O) groups is 1. The molecule has 0 aliphatic rings. The van der Waals surface area contributed by atoms with Gasteiger partial charge in [0, 0.05) is 13.1 Å². The van der Waals surface area contributed by atoms with Crippen molar-refractivity contribution in [1.29, 1.82) is 0 Å². The van der Waals surface area contributed by atoms with E-state index in [1.807, 2.05) is 31.2 Å². The smallest absolute Gasteiger partial charge is 0.309 e. The second kappa shape index (κ2) is 7.92. The van der Waals surface area contributed by atoms with Crippen LogP contribution in [-0.2, 0) is 22.7 Å². The molecular weight excluding hydrogens is 242 g/mol. The van der Waals surface area contributed by atoms with Crippen molar-refractivity contribution < 1.29 is 14.6 Å². The lowest BCUT2D eigenvalue weighted by molar-refractivity contribution is -0.145. The van der Waals surface area contributed by atoms with E-state index in [0.29, 0.717) is 6.54 Å². The van der Waals surface area contributed by atoms with E-state index in [2.05, 4.69) is 11.8 Å². The van der Waals surface area contributed by atoms with E-state index in [4.69, 9.17) is 9.84 Å². The molecule has 0 radical (unpaired) electrons. The van der Waals surface area contributed by atoms with Crippen molar-refractivity contribution in [3.63, 3.8) is 0 Å². The number of nitrogens with zero attached hydrogens (tertiary/aromatic N) is 1. The van der Waals surface area contributed by atoms with Crippen LogP contribution in [0.4, 0.5) is 0 Å². The Kier molecular flexibility index (Phi) is 6.53. The quantitative estimate of drug-likeness (QED) is 0.764. The molecule has 0 heterocycles. The topological polar surface area (TPSA) is 49.8 Å². The summed E-state index contributed by atoms with van der Waals surface area (Å²) in [5.74, 6) is -0.296. The number of benzene rings is 1. The highest BCUT2D eigenvalue weighted by atomic mass is 16.5. The zero-order chi connectivity index (χ0) is 14.3. The van der Waals surface area contributed by atoms with E-state index in [1.54, 1.807) is 0 Å². The number of carbonyl (C=O) groups excluding carboxylic acids is 1. The molecule has 0 saturated carbocycles. The van der Waals surface area contributed by atoms with Crippen molar-refractivity contribution >= 4 is 5.97 Å². The molecule has 1 unspecified atom stereocenters. The number of methoxy groups -OCH3 is 1. The van der Waals surface area contributed by atoms with Crippen LogP contribution in [-0.4, -0.2) is 36.2 Å². The first kappa shape index (κ1) is 15.7. The van der Waals surface area contributed by atoms with Gasteiger partial charge in [-0.2, -0.15) is 0 Å². The number of esters is 1. The molecule has 1 atom stereocenters. The number of hydrogen-bond donors (Lipinski definition) is 1. The summed E-state index contributed by atoms with van der Waals surface area (Å²) in [7, 11) is 1.42. The van der Waals surface area contributed by atoms with E-state index in [0.717, 1.165) is 18.7 Å². The number of aliphatic hydroxyl groups is 1. The summed E-state index contributed by atoms with van der Waals surface area (Å²) in [5, 5.41) is 9.00. The fraction of sp³-hybridized carbons (Fsp3) is 0.533. The largest absolute Gasteiger partial charge is 0.469 e. The molecule has 1 aromatic rings. The summed E-state index contributed by atoms with van der Waals surface area (Å²) in [6.45, 7) is 6.38. The Bertz CT molecular complexity index is 389. The van der Waals surface area contributed by atoms with Crippen molar-refractivity contribution in [2.45, 2.75) is 27.0 Å². The van der Waals surface area contributed by atoms with Gasteiger partial charge in [0.2, 0.25) is 0 Å². The lowest BCUT2D eigenvalue weighted by atomic mass is 10.1. The summed E-state index contributed by atoms with van der Waals surface area (Å²) in [4.78, 5) is 13.6. The van der Waals surface area contributed by atoms with Crippen LogP contribution in [0.1, 0.15) is 25.0 Å². The van der Waals surface area contributed by atoms with E-state index < -0.39 is 0 Å². The predicted molar refractivity (Wildman–Crippen MR) is 74.5 cm³/mol. The normalized spacial score (nSPS) is 12.5. The van der Waals surface area contributed by atoms with E-state index in [1.165, 1.54) is 12.7 Å². The van der Waals surface area contributed by atoms with Gasteiger partial charge in [-0.1, -0.05) is 38.1 Å². The molecule has 4 heteroatoms. The SMILES string of the molecule is CCN(Cc1ccc(CO)cc1)CC(C)C(=O)OC. The van der Waals surface area contributed by atoms with Crippen LogP contribution in [0.2, 0.25) is 0 Å². The Morgan fingerprint density at radius 2 is 1.89 bits per heavy atom. The molecule has 1 aromatic carbocycles. The van der Waals surface area contributed by atoms with Crippen LogP contribution in [0.25, 0.3) is 0 Å². The highest BCUT2D eigenvalue weighted by Crippen LogP contribution is 2.10. The summed E-state index contributed by atoms with van der Waals surface area (Å²) in [6, 6.07) is 7.87. The van der Waals surface area contributed by atoms with Crippen LogP contribution < -0.4 is 0 Å². The van der Waals surface area contributed by atoms with Gasteiger partial charge in [0.1, 0.15) is 0 Å². The molecule has 0 aliphatic carbocycles. The monoisotopic (exact) mass is 265 g/mol. The van der Waals surface area contributed by atoms with Gasteiger partial charge in [-0.15, -0.1) is 0 Å². The fourth-order valence-electron chi connectivity index (χ4n) is 1.98. The third-order valence-electron chi connectivity index (χ3n) is 3.19. The molecular formula is C15H23NO3. The minimum absolute atomic E-state index is 0.0666. The molecule has 19 heavy (non-hydrogen) atoms. The van der Waals surface area contributed by atoms with Crippen molar-refractivity contribution in [2.75, 3.05) is 20.2 Å². The predicted octanol–water partition coefficient (Wildman–Crippen LogP) is 1.81. The Balaban J connectivity index is 2.58. The first-order chi connectivity index (χ1) is 9.10. The molecule has 0 aliphatic heterocycles. The van der Waals surface area contributed by atoms with Crippen molar-refractivity contribution in [3.8, 4) is 0 Å². The van der Waals surface area contributed by atoms with Gasteiger partial charge in [-0.3, -0.25) is 9.69 Å². The maximum atomic E-state index is 11.4. The minimum Gasteiger partial charge on any atom is -0.469 e. The number of hydrogen-bond acceptors (Lipinski definition) is 4. The second-order valence-corrected chi connectivity index (χ2v) is 4.73. The summed E-state index contributed by atoms with van der Waals surface area (Å²) < 4.78 is 4.74. The zero-order valence-corrected chi connectivity index (χ0v) is 11.9. The van der Waals surface area contributed by atoms with E-state index in [-0.39, 0.29) is 18.5 Å². The minimum atomic E-state index is -0.172. The van der Waals surface area contributed by atoms with Gasteiger partial charge in [0.05, 0.1) is 19.6 Å². The van der Waals surface area contributed by atoms with Gasteiger partial charge >= 0.3 is 5.97 Å². The highest BCUT2D eigenvalue weighted by Gasteiger charge is 2.16. The second-order valence-electron chi connectivity index (χ2n) is 4.73. The van der Waals surface area contributed by atoms with Gasteiger partial charge in [-0.25, -0.2) is 0 Å². The third kappa shape index (κ3) is 5.01. The molecule has 0 amide bonds.